The Bertz CT molecular complexity index is 1250. The number of rotatable bonds is 6. The predicted molar refractivity (Wildman–Crippen MR) is 116 cm³/mol. The van der Waals surface area contributed by atoms with E-state index in [9.17, 15) is 31.1 Å². The number of pyridine rings is 2. The third kappa shape index (κ3) is 4.80. The molecule has 1 fully saturated rings. The fourth-order valence-electron chi connectivity index (χ4n) is 3.76. The molecule has 0 atom stereocenters. The second-order valence-electron chi connectivity index (χ2n) is 8.12. The van der Waals surface area contributed by atoms with Gasteiger partial charge in [-0.3, -0.25) is 14.8 Å². The lowest BCUT2D eigenvalue weighted by atomic mass is 9.89. The number of aromatic nitrogens is 4. The molecule has 3 aromatic heterocycles. The molecule has 36 heavy (non-hydrogen) atoms. The standard InChI is InChI=1S/C22H19F6N7O/c1-2-33-20(19(29)36)10-35(11-20)16-9-32-17(14-5-3-12(7-30-14)21(23,24)25)18(34-16)15-6-4-13(8-31-15)22(26,27)28/h3-9,33H,2,10-11H2,1H3,(H2,29,36). The van der Waals surface area contributed by atoms with Gasteiger partial charge in [-0.2, -0.15) is 26.3 Å². The SMILES string of the molecule is CCNC1(C(N)=O)CN(c2cnc(-c3ccc(C(F)(F)F)cn3)c(-c3ccc(C(F)(F)F)cn3)n2)C1. The summed E-state index contributed by atoms with van der Waals surface area (Å²) in [5.74, 6) is -0.277. The molecule has 1 amide bonds. The first-order chi connectivity index (χ1) is 16.8. The van der Waals surface area contributed by atoms with E-state index in [1.54, 1.807) is 4.90 Å². The van der Waals surface area contributed by atoms with Crippen molar-refractivity contribution in [2.45, 2.75) is 24.8 Å². The molecule has 0 radical (unpaired) electrons. The molecule has 190 valence electrons. The third-order valence-corrected chi connectivity index (χ3v) is 5.66. The molecule has 8 nitrogen and oxygen atoms in total. The maximum atomic E-state index is 13.0. The fourth-order valence-corrected chi connectivity index (χ4v) is 3.76. The highest BCUT2D eigenvalue weighted by Crippen LogP contribution is 2.35. The number of amides is 1. The number of halogens is 6. The van der Waals surface area contributed by atoms with E-state index in [0.717, 1.165) is 24.3 Å². The summed E-state index contributed by atoms with van der Waals surface area (Å²) in [6.07, 6.45) is -6.63. The van der Waals surface area contributed by atoms with E-state index in [1.165, 1.54) is 6.20 Å². The summed E-state index contributed by atoms with van der Waals surface area (Å²) >= 11 is 0. The van der Waals surface area contributed by atoms with E-state index in [-0.39, 0.29) is 41.7 Å². The minimum Gasteiger partial charge on any atom is -0.368 e. The highest BCUT2D eigenvalue weighted by molar-refractivity contribution is 5.88. The molecule has 0 bridgehead atoms. The van der Waals surface area contributed by atoms with Crippen molar-refractivity contribution in [1.82, 2.24) is 25.3 Å². The first kappa shape index (κ1) is 25.3. The van der Waals surface area contributed by atoms with Crippen LogP contribution < -0.4 is 16.0 Å². The lowest BCUT2D eigenvalue weighted by Crippen LogP contribution is -2.75. The average molecular weight is 511 g/mol. The Kier molecular flexibility index (Phi) is 6.32. The Morgan fingerprint density at radius 3 is 1.86 bits per heavy atom. The Morgan fingerprint density at radius 1 is 0.917 bits per heavy atom. The molecule has 4 heterocycles. The van der Waals surface area contributed by atoms with Crippen LogP contribution in [0.4, 0.5) is 32.2 Å². The van der Waals surface area contributed by atoms with Crippen LogP contribution in [0.5, 0.6) is 0 Å². The van der Waals surface area contributed by atoms with Crippen molar-refractivity contribution in [3.8, 4) is 22.8 Å². The normalized spacial score (nSPS) is 15.5. The zero-order valence-electron chi connectivity index (χ0n) is 18.7. The van der Waals surface area contributed by atoms with Gasteiger partial charge in [-0.15, -0.1) is 0 Å². The van der Waals surface area contributed by atoms with Crippen LogP contribution in [0.25, 0.3) is 22.8 Å². The number of hydrogen-bond acceptors (Lipinski definition) is 7. The predicted octanol–water partition coefficient (Wildman–Crippen LogP) is 3.29. The van der Waals surface area contributed by atoms with Crippen molar-refractivity contribution in [3.63, 3.8) is 0 Å². The molecule has 3 aromatic rings. The van der Waals surface area contributed by atoms with E-state index in [0.29, 0.717) is 18.9 Å². The Morgan fingerprint density at radius 2 is 1.44 bits per heavy atom. The second-order valence-corrected chi connectivity index (χ2v) is 8.12. The minimum absolute atomic E-state index is 0.00224. The van der Waals surface area contributed by atoms with Crippen molar-refractivity contribution in [1.29, 1.82) is 0 Å². The van der Waals surface area contributed by atoms with Crippen molar-refractivity contribution >= 4 is 11.7 Å². The molecule has 1 aliphatic rings. The molecule has 14 heteroatoms. The maximum absolute atomic E-state index is 13.0. The van der Waals surface area contributed by atoms with E-state index in [2.05, 4.69) is 25.3 Å². The van der Waals surface area contributed by atoms with Gasteiger partial charge in [0.1, 0.15) is 22.7 Å². The lowest BCUT2D eigenvalue weighted by Gasteiger charge is -2.48. The summed E-state index contributed by atoms with van der Waals surface area (Å²) in [7, 11) is 0. The van der Waals surface area contributed by atoms with Crippen LogP contribution in [-0.4, -0.2) is 51.0 Å². The van der Waals surface area contributed by atoms with E-state index in [1.807, 2.05) is 6.92 Å². The summed E-state index contributed by atoms with van der Waals surface area (Å²) in [5.41, 5.74) is 2.63. The van der Waals surface area contributed by atoms with E-state index >= 15 is 0 Å². The van der Waals surface area contributed by atoms with E-state index < -0.39 is 34.9 Å². The maximum Gasteiger partial charge on any atom is 0.417 e. The van der Waals surface area contributed by atoms with Gasteiger partial charge in [-0.1, -0.05) is 6.92 Å². The first-order valence-electron chi connectivity index (χ1n) is 10.6. The molecule has 1 saturated heterocycles. The molecule has 0 aliphatic carbocycles. The molecule has 0 saturated carbocycles. The van der Waals surface area contributed by atoms with Crippen LogP contribution in [0.2, 0.25) is 0 Å². The quantitative estimate of drug-likeness (QED) is 0.489. The van der Waals surface area contributed by atoms with Crippen molar-refractivity contribution in [2.75, 3.05) is 24.5 Å². The van der Waals surface area contributed by atoms with Crippen LogP contribution in [0.1, 0.15) is 18.1 Å². The Balaban J connectivity index is 1.75. The molecule has 1 aliphatic heterocycles. The summed E-state index contributed by atoms with van der Waals surface area (Å²) in [5, 5.41) is 3.03. The Labute approximate surface area is 200 Å². The average Bonchev–Trinajstić information content (AvgIpc) is 2.79. The van der Waals surface area contributed by atoms with E-state index in [4.69, 9.17) is 5.73 Å². The van der Waals surface area contributed by atoms with Gasteiger partial charge < -0.3 is 16.0 Å². The number of nitrogens with zero attached hydrogens (tertiary/aromatic N) is 5. The summed E-state index contributed by atoms with van der Waals surface area (Å²) in [4.78, 5) is 30.0. The monoisotopic (exact) mass is 511 g/mol. The number of hydrogen-bond donors (Lipinski definition) is 2. The number of nitrogens with one attached hydrogen (secondary N) is 1. The molecule has 4 rings (SSSR count). The van der Waals surface area contributed by atoms with Crippen molar-refractivity contribution in [2.24, 2.45) is 5.73 Å². The van der Waals surface area contributed by atoms with Gasteiger partial charge in [0.2, 0.25) is 5.91 Å². The highest BCUT2D eigenvalue weighted by atomic mass is 19.4. The smallest absolute Gasteiger partial charge is 0.368 e. The molecule has 0 unspecified atom stereocenters. The number of alkyl halides is 6. The molecule has 0 aromatic carbocycles. The van der Waals surface area contributed by atoms with Crippen molar-refractivity contribution < 1.29 is 31.1 Å². The number of carbonyl (C=O) groups excluding carboxylic acids is 1. The Hall–Kier alpha value is -3.81. The van der Waals surface area contributed by atoms with Gasteiger partial charge in [0.25, 0.3) is 0 Å². The number of anilines is 1. The van der Waals surface area contributed by atoms with Crippen LogP contribution in [0, 0.1) is 0 Å². The van der Waals surface area contributed by atoms with Gasteiger partial charge in [-0.25, -0.2) is 9.97 Å². The van der Waals surface area contributed by atoms with Crippen LogP contribution in [-0.2, 0) is 17.1 Å². The second kappa shape index (κ2) is 9.00. The number of primary amides is 1. The number of likely N-dealkylation sites (N-methyl/N-ethyl adjacent to an activating group) is 1. The van der Waals surface area contributed by atoms with Crippen molar-refractivity contribution in [3.05, 3.63) is 54.0 Å². The fraction of sp³-hybridized carbons (Fsp3) is 0.318. The molecule has 0 spiro atoms. The van der Waals surface area contributed by atoms with Crippen LogP contribution in [0.15, 0.2) is 42.9 Å². The number of nitrogens with two attached hydrogens (primary N) is 1. The third-order valence-electron chi connectivity index (χ3n) is 5.66. The van der Waals surface area contributed by atoms with Crippen LogP contribution >= 0.6 is 0 Å². The topological polar surface area (TPSA) is 110 Å². The highest BCUT2D eigenvalue weighted by Gasteiger charge is 2.48. The van der Waals surface area contributed by atoms with Gasteiger partial charge >= 0.3 is 12.4 Å². The van der Waals surface area contributed by atoms with Gasteiger partial charge in [0, 0.05) is 25.5 Å². The largest absolute Gasteiger partial charge is 0.417 e. The van der Waals surface area contributed by atoms with Gasteiger partial charge in [0.05, 0.1) is 28.7 Å². The zero-order valence-corrected chi connectivity index (χ0v) is 18.7. The van der Waals surface area contributed by atoms with Gasteiger partial charge in [-0.05, 0) is 30.8 Å². The first-order valence-corrected chi connectivity index (χ1v) is 10.6. The summed E-state index contributed by atoms with van der Waals surface area (Å²) < 4.78 is 77.9. The number of carbonyl (C=O) groups is 1. The summed E-state index contributed by atoms with van der Waals surface area (Å²) in [6.45, 7) is 2.64. The lowest BCUT2D eigenvalue weighted by molar-refractivity contribution is -0.138. The summed E-state index contributed by atoms with van der Waals surface area (Å²) in [6, 6.07) is 3.81. The molecular weight excluding hydrogens is 492 g/mol. The minimum atomic E-state index is -4.61. The van der Waals surface area contributed by atoms with Crippen LogP contribution in [0.3, 0.4) is 0 Å². The zero-order chi connectivity index (χ0) is 26.3. The molecule has 3 N–H and O–H groups in total. The molecular formula is C22H19F6N7O. The van der Waals surface area contributed by atoms with Gasteiger partial charge in [0.15, 0.2) is 0 Å².